The van der Waals surface area contributed by atoms with Crippen molar-refractivity contribution in [2.45, 2.75) is 25.4 Å². The van der Waals surface area contributed by atoms with Gasteiger partial charge >= 0.3 is 5.97 Å². The van der Waals surface area contributed by atoms with E-state index in [1.165, 1.54) is 18.7 Å². The summed E-state index contributed by atoms with van der Waals surface area (Å²) in [4.78, 5) is 21.3. The molecule has 5 nitrogen and oxygen atoms in total. The number of rotatable bonds is 10. The number of carbonyl (C=O) groups excluding carboxylic acids is 1. The highest BCUT2D eigenvalue weighted by molar-refractivity contribution is 8.00. The number of hydrogen-bond acceptors (Lipinski definition) is 6. The Morgan fingerprint density at radius 2 is 1.59 bits per heavy atom. The summed E-state index contributed by atoms with van der Waals surface area (Å²) < 4.78 is 0. The molecule has 2 atom stereocenters. The summed E-state index contributed by atoms with van der Waals surface area (Å²) in [5.74, 6) is 1.94. The molecule has 0 aliphatic rings. The van der Waals surface area contributed by atoms with E-state index < -0.39 is 12.0 Å². The predicted octanol–water partition coefficient (Wildman–Crippen LogP) is 0.171. The molecule has 5 N–H and O–H groups in total. The lowest BCUT2D eigenvalue weighted by molar-refractivity contribution is -0.137. The number of carboxylic acid groups (broad SMARTS) is 1. The van der Waals surface area contributed by atoms with Gasteiger partial charge in [-0.3, -0.25) is 9.59 Å². The largest absolute Gasteiger partial charge is 0.480 e. The molecule has 0 amide bonds. The topological polar surface area (TPSA) is 106 Å². The van der Waals surface area contributed by atoms with Crippen molar-refractivity contribution < 1.29 is 14.7 Å². The zero-order valence-electron chi connectivity index (χ0n) is 9.93. The van der Waals surface area contributed by atoms with Gasteiger partial charge in [0.2, 0.25) is 0 Å². The minimum atomic E-state index is -0.959. The molecule has 0 aliphatic heterocycles. The second kappa shape index (κ2) is 9.76. The van der Waals surface area contributed by atoms with Crippen molar-refractivity contribution in [3.63, 3.8) is 0 Å². The van der Waals surface area contributed by atoms with Crippen molar-refractivity contribution >= 4 is 35.3 Å². The smallest absolute Gasteiger partial charge is 0.321 e. The molecule has 2 unspecified atom stereocenters. The molecule has 7 heteroatoms. The van der Waals surface area contributed by atoms with Crippen LogP contribution in [0.5, 0.6) is 0 Å². The fourth-order valence-corrected chi connectivity index (χ4v) is 2.97. The van der Waals surface area contributed by atoms with Crippen molar-refractivity contribution in [2.75, 3.05) is 23.0 Å². The Morgan fingerprint density at radius 1 is 1.12 bits per heavy atom. The summed E-state index contributed by atoms with van der Waals surface area (Å²) in [6.45, 7) is 1.49. The fraction of sp³-hybridized carbons (Fsp3) is 0.800. The van der Waals surface area contributed by atoms with Gasteiger partial charge in [-0.05, 0) is 24.9 Å². The predicted molar refractivity (Wildman–Crippen MR) is 73.5 cm³/mol. The fourth-order valence-electron chi connectivity index (χ4n) is 0.872. The number of carbonyl (C=O) groups is 2. The number of nitrogens with two attached hydrogens (primary N) is 2. The average molecular weight is 280 g/mol. The van der Waals surface area contributed by atoms with Gasteiger partial charge in [-0.1, -0.05) is 0 Å². The van der Waals surface area contributed by atoms with Gasteiger partial charge in [0.1, 0.15) is 11.8 Å². The first-order chi connectivity index (χ1) is 7.95. The van der Waals surface area contributed by atoms with Gasteiger partial charge in [0.25, 0.3) is 0 Å². The quantitative estimate of drug-likeness (QED) is 0.490. The van der Waals surface area contributed by atoms with E-state index in [2.05, 4.69) is 0 Å². The zero-order valence-corrected chi connectivity index (χ0v) is 11.6. The summed E-state index contributed by atoms with van der Waals surface area (Å²) in [6.07, 6.45) is 0.965. The second-order valence-corrected chi connectivity index (χ2v) is 5.96. The highest BCUT2D eigenvalue weighted by Gasteiger charge is 2.10. The summed E-state index contributed by atoms with van der Waals surface area (Å²) in [5.41, 5.74) is 10.9. The van der Waals surface area contributed by atoms with Crippen LogP contribution < -0.4 is 11.5 Å². The van der Waals surface area contributed by atoms with Crippen LogP contribution in [0.25, 0.3) is 0 Å². The molecular formula is C10H20N2O3S2. The first kappa shape index (κ1) is 16.8. The van der Waals surface area contributed by atoms with Crippen LogP contribution in [-0.4, -0.2) is 52.0 Å². The first-order valence-corrected chi connectivity index (χ1v) is 7.66. The van der Waals surface area contributed by atoms with Crippen LogP contribution in [0.15, 0.2) is 0 Å². The molecule has 0 rings (SSSR count). The molecule has 0 heterocycles. The maximum absolute atomic E-state index is 10.8. The number of carboxylic acids is 1. The summed E-state index contributed by atoms with van der Waals surface area (Å²) in [6, 6.07) is -1.15. The van der Waals surface area contributed by atoms with E-state index in [-0.39, 0.29) is 11.8 Å². The number of ketones is 1. The molecule has 0 aromatic carbocycles. The monoisotopic (exact) mass is 280 g/mol. The zero-order chi connectivity index (χ0) is 13.3. The molecule has 100 valence electrons. The van der Waals surface area contributed by atoms with E-state index in [0.717, 1.165) is 17.9 Å². The Kier molecular flexibility index (Phi) is 9.62. The van der Waals surface area contributed by atoms with Crippen LogP contribution in [0.2, 0.25) is 0 Å². The van der Waals surface area contributed by atoms with Gasteiger partial charge in [0, 0.05) is 11.5 Å². The highest BCUT2D eigenvalue weighted by atomic mass is 32.2. The van der Waals surface area contributed by atoms with E-state index in [0.29, 0.717) is 11.5 Å². The second-order valence-electron chi connectivity index (χ2n) is 3.67. The third-order valence-corrected chi connectivity index (χ3v) is 4.36. The molecule has 0 aromatic heterocycles. The van der Waals surface area contributed by atoms with E-state index in [4.69, 9.17) is 16.6 Å². The van der Waals surface area contributed by atoms with Gasteiger partial charge < -0.3 is 16.6 Å². The van der Waals surface area contributed by atoms with Crippen molar-refractivity contribution in [2.24, 2.45) is 11.5 Å². The van der Waals surface area contributed by atoms with Gasteiger partial charge in [0.05, 0.1) is 6.04 Å². The van der Waals surface area contributed by atoms with Gasteiger partial charge in [0.15, 0.2) is 0 Å². The van der Waals surface area contributed by atoms with Crippen molar-refractivity contribution in [3.8, 4) is 0 Å². The van der Waals surface area contributed by atoms with Crippen LogP contribution in [0.3, 0.4) is 0 Å². The van der Waals surface area contributed by atoms with E-state index in [1.54, 1.807) is 11.8 Å². The maximum Gasteiger partial charge on any atom is 0.321 e. The molecule has 0 aromatic rings. The summed E-state index contributed by atoms with van der Waals surface area (Å²) in [5, 5.41) is 8.55. The molecule has 0 aliphatic carbocycles. The average Bonchev–Trinajstić information content (AvgIpc) is 2.26. The molecule has 0 saturated carbocycles. The van der Waals surface area contributed by atoms with Crippen LogP contribution in [0, 0.1) is 0 Å². The Balaban J connectivity index is 3.30. The molecule has 0 spiro atoms. The van der Waals surface area contributed by atoms with Crippen LogP contribution in [0.1, 0.15) is 13.3 Å². The molecule has 17 heavy (non-hydrogen) atoms. The molecule has 0 saturated heterocycles. The van der Waals surface area contributed by atoms with Gasteiger partial charge in [-0.15, -0.1) is 0 Å². The Morgan fingerprint density at radius 3 is 2.00 bits per heavy atom. The Bertz CT molecular complexity index is 228. The normalized spacial score (nSPS) is 14.3. The number of thioether (sulfide) groups is 2. The van der Waals surface area contributed by atoms with Crippen LogP contribution >= 0.6 is 23.5 Å². The van der Waals surface area contributed by atoms with E-state index in [9.17, 15) is 9.59 Å². The van der Waals surface area contributed by atoms with Crippen molar-refractivity contribution in [1.29, 1.82) is 0 Å². The third-order valence-electron chi connectivity index (χ3n) is 2.01. The number of aliphatic carboxylic acids is 1. The van der Waals surface area contributed by atoms with E-state index in [1.807, 2.05) is 0 Å². The number of hydrogen-bond donors (Lipinski definition) is 3. The lowest BCUT2D eigenvalue weighted by Gasteiger charge is -2.07. The minimum Gasteiger partial charge on any atom is -0.480 e. The van der Waals surface area contributed by atoms with Crippen LogP contribution in [-0.2, 0) is 9.59 Å². The maximum atomic E-state index is 10.8. The van der Waals surface area contributed by atoms with Crippen molar-refractivity contribution in [1.82, 2.24) is 0 Å². The van der Waals surface area contributed by atoms with Crippen molar-refractivity contribution in [3.05, 3.63) is 0 Å². The summed E-state index contributed by atoms with van der Waals surface area (Å²) >= 11 is 3.19. The van der Waals surface area contributed by atoms with Gasteiger partial charge in [-0.25, -0.2) is 0 Å². The lowest BCUT2D eigenvalue weighted by atomic mass is 10.3. The SMILES string of the molecule is CC(=O)C(N)CSCCCSCC(N)C(=O)O. The van der Waals surface area contributed by atoms with E-state index >= 15 is 0 Å². The molecular weight excluding hydrogens is 260 g/mol. The molecule has 0 bridgehead atoms. The third kappa shape index (κ3) is 9.46. The molecule has 0 radical (unpaired) electrons. The summed E-state index contributed by atoms with van der Waals surface area (Å²) in [7, 11) is 0. The highest BCUT2D eigenvalue weighted by Crippen LogP contribution is 2.09. The van der Waals surface area contributed by atoms with Gasteiger partial charge in [-0.2, -0.15) is 23.5 Å². The Hall–Kier alpha value is -0.240. The number of Topliss-reactive ketones (excluding diaryl/α,β-unsaturated/α-hetero) is 1. The lowest BCUT2D eigenvalue weighted by Crippen LogP contribution is -2.32. The van der Waals surface area contributed by atoms with Crippen LogP contribution in [0.4, 0.5) is 0 Å². The Labute approximate surface area is 110 Å². The minimum absolute atomic E-state index is 0.0132. The first-order valence-electron chi connectivity index (χ1n) is 5.35. The molecule has 0 fully saturated rings. The standard InChI is InChI=1S/C10H20N2O3S2/c1-7(13)8(11)5-16-3-2-4-17-6-9(12)10(14)15/h8-9H,2-6,11-12H2,1H3,(H,14,15).